The average molecular weight is 252 g/mol. The van der Waals surface area contributed by atoms with Crippen LogP contribution in [0.15, 0.2) is 12.4 Å². The van der Waals surface area contributed by atoms with Gasteiger partial charge in [0.15, 0.2) is 0 Å². The number of methoxy groups -OCH3 is 1. The molecular weight excluding hydrogens is 232 g/mol. The van der Waals surface area contributed by atoms with Crippen molar-refractivity contribution in [1.29, 1.82) is 0 Å². The summed E-state index contributed by atoms with van der Waals surface area (Å²) in [5.41, 5.74) is 0.752. The van der Waals surface area contributed by atoms with Crippen molar-refractivity contribution in [2.75, 3.05) is 32.1 Å². The Labute approximate surface area is 107 Å². The fourth-order valence-corrected chi connectivity index (χ4v) is 2.06. The second-order valence-electron chi connectivity index (χ2n) is 4.52. The van der Waals surface area contributed by atoms with Crippen molar-refractivity contribution >= 4 is 11.6 Å². The topological polar surface area (TPSA) is 68.2 Å². The van der Waals surface area contributed by atoms with Gasteiger partial charge >= 0.3 is 0 Å². The van der Waals surface area contributed by atoms with Crippen LogP contribution in [-0.2, 0) is 16.1 Å². The van der Waals surface area contributed by atoms with Crippen molar-refractivity contribution in [3.05, 3.63) is 12.4 Å². The summed E-state index contributed by atoms with van der Waals surface area (Å²) in [7, 11) is 1.66. The van der Waals surface area contributed by atoms with Gasteiger partial charge in [-0.15, -0.1) is 0 Å². The average Bonchev–Trinajstić information content (AvgIpc) is 2.85. The Morgan fingerprint density at radius 2 is 2.61 bits per heavy atom. The molecule has 1 unspecified atom stereocenters. The number of nitrogens with one attached hydrogen (secondary N) is 2. The lowest BCUT2D eigenvalue weighted by molar-refractivity contribution is -0.120. The maximum absolute atomic E-state index is 12.0. The molecule has 2 N–H and O–H groups in total. The normalized spacial score (nSPS) is 19.7. The minimum Gasteiger partial charge on any atom is -0.383 e. The molecule has 6 nitrogen and oxygen atoms in total. The lowest BCUT2D eigenvalue weighted by Gasteiger charge is -2.21. The Hall–Kier alpha value is -1.40. The van der Waals surface area contributed by atoms with Gasteiger partial charge in [0.25, 0.3) is 0 Å². The van der Waals surface area contributed by atoms with E-state index < -0.39 is 0 Å². The van der Waals surface area contributed by atoms with Crippen LogP contribution in [0.4, 0.5) is 5.69 Å². The first-order valence-corrected chi connectivity index (χ1v) is 6.32. The summed E-state index contributed by atoms with van der Waals surface area (Å²) >= 11 is 0. The van der Waals surface area contributed by atoms with Crippen LogP contribution in [0.2, 0.25) is 0 Å². The van der Waals surface area contributed by atoms with Crippen LogP contribution in [0.5, 0.6) is 0 Å². The third-order valence-electron chi connectivity index (χ3n) is 3.09. The number of ether oxygens (including phenoxy) is 1. The van der Waals surface area contributed by atoms with E-state index in [0.717, 1.165) is 31.6 Å². The molecule has 18 heavy (non-hydrogen) atoms. The van der Waals surface area contributed by atoms with E-state index in [1.807, 2.05) is 6.20 Å². The molecule has 1 amide bonds. The molecule has 1 aliphatic heterocycles. The zero-order valence-corrected chi connectivity index (χ0v) is 10.7. The zero-order chi connectivity index (χ0) is 12.8. The Morgan fingerprint density at radius 1 is 1.72 bits per heavy atom. The van der Waals surface area contributed by atoms with Gasteiger partial charge in [-0.25, -0.2) is 0 Å². The van der Waals surface area contributed by atoms with E-state index in [4.69, 9.17) is 4.74 Å². The van der Waals surface area contributed by atoms with Crippen LogP contribution in [0.1, 0.15) is 12.8 Å². The minimum absolute atomic E-state index is 0.0704. The summed E-state index contributed by atoms with van der Waals surface area (Å²) in [6, 6.07) is 0. The van der Waals surface area contributed by atoms with Crippen molar-refractivity contribution in [3.8, 4) is 0 Å². The highest BCUT2D eigenvalue weighted by atomic mass is 16.5. The van der Waals surface area contributed by atoms with Gasteiger partial charge in [0.1, 0.15) is 0 Å². The van der Waals surface area contributed by atoms with E-state index in [2.05, 4.69) is 15.7 Å². The number of piperidine rings is 1. The monoisotopic (exact) mass is 252 g/mol. The molecule has 0 aliphatic carbocycles. The molecule has 0 bridgehead atoms. The summed E-state index contributed by atoms with van der Waals surface area (Å²) in [6.07, 6.45) is 5.51. The van der Waals surface area contributed by atoms with Gasteiger partial charge in [-0.3, -0.25) is 9.48 Å². The predicted octanol–water partition coefficient (Wildman–Crippen LogP) is 0.468. The summed E-state index contributed by atoms with van der Waals surface area (Å²) in [6.45, 7) is 3.08. The van der Waals surface area contributed by atoms with E-state index in [1.165, 1.54) is 0 Å². The van der Waals surface area contributed by atoms with Crippen molar-refractivity contribution in [1.82, 2.24) is 15.1 Å². The van der Waals surface area contributed by atoms with Crippen LogP contribution in [0, 0.1) is 5.92 Å². The number of aromatic nitrogens is 2. The number of carbonyl (C=O) groups excluding carboxylic acids is 1. The first-order chi connectivity index (χ1) is 8.79. The summed E-state index contributed by atoms with van der Waals surface area (Å²) < 4.78 is 6.74. The molecule has 1 saturated heterocycles. The van der Waals surface area contributed by atoms with Crippen LogP contribution in [0.3, 0.4) is 0 Å². The van der Waals surface area contributed by atoms with Gasteiger partial charge in [-0.1, -0.05) is 0 Å². The molecule has 0 radical (unpaired) electrons. The number of hydrogen-bond donors (Lipinski definition) is 2. The van der Waals surface area contributed by atoms with Crippen molar-refractivity contribution < 1.29 is 9.53 Å². The maximum atomic E-state index is 12.0. The highest BCUT2D eigenvalue weighted by Crippen LogP contribution is 2.13. The van der Waals surface area contributed by atoms with Gasteiger partial charge in [0, 0.05) is 19.9 Å². The van der Waals surface area contributed by atoms with Crippen molar-refractivity contribution in [3.63, 3.8) is 0 Å². The first kappa shape index (κ1) is 13.0. The summed E-state index contributed by atoms with van der Waals surface area (Å²) in [5, 5.41) is 10.3. The highest BCUT2D eigenvalue weighted by molar-refractivity contribution is 5.92. The third-order valence-corrected chi connectivity index (χ3v) is 3.09. The van der Waals surface area contributed by atoms with Crippen LogP contribution < -0.4 is 10.6 Å². The second-order valence-corrected chi connectivity index (χ2v) is 4.52. The van der Waals surface area contributed by atoms with Crippen molar-refractivity contribution in [2.24, 2.45) is 5.92 Å². The van der Waals surface area contributed by atoms with E-state index in [0.29, 0.717) is 13.2 Å². The largest absolute Gasteiger partial charge is 0.383 e. The lowest BCUT2D eigenvalue weighted by atomic mass is 9.99. The standard InChI is InChI=1S/C12H20N4O2/c1-18-6-5-16-9-11(8-14-16)15-12(17)10-3-2-4-13-7-10/h8-10,13H,2-7H2,1H3,(H,15,17). The first-order valence-electron chi connectivity index (χ1n) is 6.32. The molecule has 1 fully saturated rings. The molecule has 1 aliphatic rings. The van der Waals surface area contributed by atoms with E-state index in [-0.39, 0.29) is 11.8 Å². The number of hydrogen-bond acceptors (Lipinski definition) is 4. The molecule has 2 heterocycles. The molecule has 0 aromatic carbocycles. The molecule has 0 saturated carbocycles. The predicted molar refractivity (Wildman–Crippen MR) is 68.3 cm³/mol. The Balaban J connectivity index is 1.84. The number of rotatable bonds is 5. The number of anilines is 1. The van der Waals surface area contributed by atoms with Gasteiger partial charge in [-0.2, -0.15) is 5.10 Å². The number of amides is 1. The van der Waals surface area contributed by atoms with E-state index >= 15 is 0 Å². The number of nitrogens with zero attached hydrogens (tertiary/aromatic N) is 2. The Morgan fingerprint density at radius 3 is 3.33 bits per heavy atom. The smallest absolute Gasteiger partial charge is 0.228 e. The van der Waals surface area contributed by atoms with Gasteiger partial charge < -0.3 is 15.4 Å². The van der Waals surface area contributed by atoms with Gasteiger partial charge in [-0.05, 0) is 19.4 Å². The molecule has 1 aromatic rings. The SMILES string of the molecule is COCCn1cc(NC(=O)C2CCCNC2)cn1. The van der Waals surface area contributed by atoms with Crippen LogP contribution >= 0.6 is 0 Å². The summed E-state index contributed by atoms with van der Waals surface area (Å²) in [4.78, 5) is 12.0. The fraction of sp³-hybridized carbons (Fsp3) is 0.667. The summed E-state index contributed by atoms with van der Waals surface area (Å²) in [5.74, 6) is 0.148. The quantitative estimate of drug-likeness (QED) is 0.799. The Bertz CT molecular complexity index is 385. The molecule has 1 atom stereocenters. The van der Waals surface area contributed by atoms with Gasteiger partial charge in [0.2, 0.25) is 5.91 Å². The van der Waals surface area contributed by atoms with E-state index in [1.54, 1.807) is 18.0 Å². The molecule has 2 rings (SSSR count). The van der Waals surface area contributed by atoms with Gasteiger partial charge in [0.05, 0.1) is 31.0 Å². The highest BCUT2D eigenvalue weighted by Gasteiger charge is 2.21. The molecule has 1 aromatic heterocycles. The maximum Gasteiger partial charge on any atom is 0.228 e. The number of carbonyl (C=O) groups is 1. The molecule has 100 valence electrons. The lowest BCUT2D eigenvalue weighted by Crippen LogP contribution is -2.37. The zero-order valence-electron chi connectivity index (χ0n) is 10.7. The molecule has 0 spiro atoms. The molecule has 6 heteroatoms. The van der Waals surface area contributed by atoms with Crippen molar-refractivity contribution in [2.45, 2.75) is 19.4 Å². The fourth-order valence-electron chi connectivity index (χ4n) is 2.06. The van der Waals surface area contributed by atoms with Crippen LogP contribution in [0.25, 0.3) is 0 Å². The van der Waals surface area contributed by atoms with Crippen LogP contribution in [-0.4, -0.2) is 42.5 Å². The minimum atomic E-state index is 0.0704. The Kier molecular flexibility index (Phi) is 4.72. The second kappa shape index (κ2) is 6.51. The van der Waals surface area contributed by atoms with E-state index in [9.17, 15) is 4.79 Å². The third kappa shape index (κ3) is 3.54. The molecular formula is C12H20N4O2.